The summed E-state index contributed by atoms with van der Waals surface area (Å²) >= 11 is 0. The van der Waals surface area contributed by atoms with Gasteiger partial charge in [0.1, 0.15) is 23.4 Å². The maximum Gasteiger partial charge on any atom is 0.145 e. The molecule has 3 aromatic rings. The van der Waals surface area contributed by atoms with Crippen LogP contribution in [0.15, 0.2) is 72.7 Å². The molecule has 0 bridgehead atoms. The number of nitrogens with zero attached hydrogens (tertiary/aromatic N) is 3. The zero-order chi connectivity index (χ0) is 23.5. The van der Waals surface area contributed by atoms with Crippen molar-refractivity contribution in [3.05, 3.63) is 78.4 Å². The highest BCUT2D eigenvalue weighted by atomic mass is 16.5. The van der Waals surface area contributed by atoms with Crippen molar-refractivity contribution in [3.8, 4) is 16.9 Å². The van der Waals surface area contributed by atoms with Crippen molar-refractivity contribution in [1.29, 1.82) is 0 Å². The SMILES string of the molecule is C=C(/C=C\C(C)=C\CC)CNc1ncnc2c(OC)cc(-c3ccc(C)nc3)cc12.CC. The molecule has 32 heavy (non-hydrogen) atoms. The standard InChI is InChI=1S/C25H28N4O.C2H6/c1-6-7-17(2)8-9-18(3)14-27-25-22-12-21(20-11-10-19(4)26-15-20)13-23(30-5)24(22)28-16-29-25;1-2/h7-13,15-16H,3,6,14H2,1-2,4-5H3,(H,27,28,29);1-2H3/b9-8-,17-7+;. The molecule has 0 unspecified atom stereocenters. The highest BCUT2D eigenvalue weighted by Gasteiger charge is 2.12. The Labute approximate surface area is 192 Å². The lowest BCUT2D eigenvalue weighted by molar-refractivity contribution is 0.419. The Morgan fingerprint density at radius 3 is 2.53 bits per heavy atom. The number of aryl methyl sites for hydroxylation is 1. The van der Waals surface area contributed by atoms with Gasteiger partial charge in [0.15, 0.2) is 0 Å². The lowest BCUT2D eigenvalue weighted by atomic mass is 10.0. The average molecular weight is 431 g/mol. The Morgan fingerprint density at radius 1 is 1.09 bits per heavy atom. The second kappa shape index (κ2) is 12.4. The first-order valence-electron chi connectivity index (χ1n) is 11.0. The molecule has 0 radical (unpaired) electrons. The highest BCUT2D eigenvalue weighted by Crippen LogP contribution is 2.33. The second-order valence-electron chi connectivity index (χ2n) is 7.19. The highest BCUT2D eigenvalue weighted by molar-refractivity contribution is 5.96. The molecule has 0 atom stereocenters. The molecular weight excluding hydrogens is 396 g/mol. The van der Waals surface area contributed by atoms with E-state index < -0.39 is 0 Å². The Balaban J connectivity index is 0.00000176. The first kappa shape index (κ1) is 24.8. The number of ether oxygens (including phenoxy) is 1. The number of nitrogens with one attached hydrogen (secondary N) is 1. The average Bonchev–Trinajstić information content (AvgIpc) is 2.82. The summed E-state index contributed by atoms with van der Waals surface area (Å²) in [6, 6.07) is 8.10. The van der Waals surface area contributed by atoms with Crippen LogP contribution in [-0.4, -0.2) is 28.6 Å². The van der Waals surface area contributed by atoms with Crippen molar-refractivity contribution in [2.75, 3.05) is 19.0 Å². The normalized spacial score (nSPS) is 11.2. The minimum absolute atomic E-state index is 0.584. The number of benzene rings is 1. The van der Waals surface area contributed by atoms with Crippen LogP contribution in [-0.2, 0) is 0 Å². The summed E-state index contributed by atoms with van der Waals surface area (Å²) in [5, 5.41) is 4.28. The summed E-state index contributed by atoms with van der Waals surface area (Å²) < 4.78 is 5.61. The number of methoxy groups -OCH3 is 1. The van der Waals surface area contributed by atoms with E-state index in [1.165, 1.54) is 5.57 Å². The van der Waals surface area contributed by atoms with Gasteiger partial charge in [-0.05, 0) is 49.6 Å². The molecule has 3 rings (SSSR count). The Hall–Kier alpha value is -3.47. The number of pyridine rings is 1. The third-order valence-corrected chi connectivity index (χ3v) is 4.76. The van der Waals surface area contributed by atoms with E-state index in [0.29, 0.717) is 12.3 Å². The largest absolute Gasteiger partial charge is 0.494 e. The second-order valence-corrected chi connectivity index (χ2v) is 7.19. The summed E-state index contributed by atoms with van der Waals surface area (Å²) in [6.45, 7) is 14.9. The van der Waals surface area contributed by atoms with Crippen LogP contribution >= 0.6 is 0 Å². The van der Waals surface area contributed by atoms with E-state index in [1.54, 1.807) is 13.4 Å². The quantitative estimate of drug-likeness (QED) is 0.393. The van der Waals surface area contributed by atoms with Gasteiger partial charge in [0.2, 0.25) is 0 Å². The van der Waals surface area contributed by atoms with Crippen molar-refractivity contribution in [2.24, 2.45) is 0 Å². The maximum absolute atomic E-state index is 5.61. The van der Waals surface area contributed by atoms with Crippen LogP contribution in [0.5, 0.6) is 5.75 Å². The zero-order valence-electron chi connectivity index (χ0n) is 20.1. The van der Waals surface area contributed by atoms with Gasteiger partial charge in [-0.3, -0.25) is 4.98 Å². The van der Waals surface area contributed by atoms with Crippen molar-refractivity contribution >= 4 is 16.7 Å². The number of allylic oxidation sites excluding steroid dienone is 3. The molecular formula is C27H34N4O. The topological polar surface area (TPSA) is 59.9 Å². The van der Waals surface area contributed by atoms with Gasteiger partial charge in [-0.25, -0.2) is 9.97 Å². The van der Waals surface area contributed by atoms with Gasteiger partial charge >= 0.3 is 0 Å². The van der Waals surface area contributed by atoms with Gasteiger partial charge in [-0.1, -0.05) is 57.2 Å². The van der Waals surface area contributed by atoms with Crippen molar-refractivity contribution in [3.63, 3.8) is 0 Å². The van der Waals surface area contributed by atoms with E-state index in [1.807, 2.05) is 45.2 Å². The monoisotopic (exact) mass is 430 g/mol. The van der Waals surface area contributed by atoms with Crippen molar-refractivity contribution in [1.82, 2.24) is 15.0 Å². The van der Waals surface area contributed by atoms with E-state index in [0.717, 1.165) is 45.5 Å². The maximum atomic E-state index is 5.61. The molecule has 0 saturated carbocycles. The fourth-order valence-corrected chi connectivity index (χ4v) is 3.13. The van der Waals surface area contributed by atoms with E-state index >= 15 is 0 Å². The van der Waals surface area contributed by atoms with Gasteiger partial charge in [0, 0.05) is 29.4 Å². The molecule has 1 N–H and O–H groups in total. The van der Waals surface area contributed by atoms with E-state index in [9.17, 15) is 0 Å². The third-order valence-electron chi connectivity index (χ3n) is 4.76. The van der Waals surface area contributed by atoms with Gasteiger partial charge in [0.05, 0.1) is 7.11 Å². The molecule has 168 valence electrons. The summed E-state index contributed by atoms with van der Waals surface area (Å²) in [6.07, 6.45) is 10.7. The lowest BCUT2D eigenvalue weighted by Crippen LogP contribution is -2.06. The summed E-state index contributed by atoms with van der Waals surface area (Å²) in [5.74, 6) is 1.45. The van der Waals surface area contributed by atoms with E-state index in [-0.39, 0.29) is 0 Å². The molecule has 0 aliphatic heterocycles. The molecule has 0 amide bonds. The molecule has 1 aromatic carbocycles. The van der Waals surface area contributed by atoms with E-state index in [4.69, 9.17) is 4.74 Å². The minimum Gasteiger partial charge on any atom is -0.494 e. The van der Waals surface area contributed by atoms with Crippen LogP contribution in [0, 0.1) is 6.92 Å². The Bertz CT molecular complexity index is 1100. The number of hydrogen-bond acceptors (Lipinski definition) is 5. The van der Waals surface area contributed by atoms with Gasteiger partial charge in [-0.2, -0.15) is 0 Å². The van der Waals surface area contributed by atoms with Crippen LogP contribution in [0.4, 0.5) is 5.82 Å². The smallest absolute Gasteiger partial charge is 0.145 e. The molecule has 2 heterocycles. The number of aromatic nitrogens is 3. The van der Waals surface area contributed by atoms with Crippen LogP contribution in [0.25, 0.3) is 22.0 Å². The molecule has 0 saturated heterocycles. The molecule has 0 aliphatic carbocycles. The fourth-order valence-electron chi connectivity index (χ4n) is 3.13. The van der Waals surface area contributed by atoms with Gasteiger partial charge < -0.3 is 10.1 Å². The molecule has 5 nitrogen and oxygen atoms in total. The number of anilines is 1. The zero-order valence-corrected chi connectivity index (χ0v) is 20.1. The molecule has 0 aliphatic rings. The number of fused-ring (bicyclic) bond motifs is 1. The van der Waals surface area contributed by atoms with Crippen LogP contribution in [0.1, 0.15) is 39.8 Å². The van der Waals surface area contributed by atoms with Gasteiger partial charge in [-0.15, -0.1) is 0 Å². The minimum atomic E-state index is 0.584. The lowest BCUT2D eigenvalue weighted by Gasteiger charge is -2.13. The first-order valence-corrected chi connectivity index (χ1v) is 11.0. The molecule has 2 aromatic heterocycles. The summed E-state index contributed by atoms with van der Waals surface area (Å²) in [5.41, 5.74) is 5.96. The predicted molar refractivity (Wildman–Crippen MR) is 136 cm³/mol. The molecule has 0 fully saturated rings. The van der Waals surface area contributed by atoms with Crippen LogP contribution in [0.2, 0.25) is 0 Å². The van der Waals surface area contributed by atoms with Crippen LogP contribution < -0.4 is 10.1 Å². The first-order chi connectivity index (χ1) is 15.5. The van der Waals surface area contributed by atoms with Crippen molar-refractivity contribution in [2.45, 2.75) is 41.0 Å². The number of rotatable bonds is 8. The molecule has 5 heteroatoms. The van der Waals surface area contributed by atoms with Crippen molar-refractivity contribution < 1.29 is 4.74 Å². The number of hydrogen-bond donors (Lipinski definition) is 1. The van der Waals surface area contributed by atoms with E-state index in [2.05, 4.69) is 65.0 Å². The Morgan fingerprint density at radius 2 is 1.88 bits per heavy atom. The third kappa shape index (κ3) is 6.51. The van der Waals surface area contributed by atoms with Crippen LogP contribution in [0.3, 0.4) is 0 Å². The summed E-state index contributed by atoms with van der Waals surface area (Å²) in [7, 11) is 1.65. The van der Waals surface area contributed by atoms with Gasteiger partial charge in [0.25, 0.3) is 0 Å². The molecule has 0 spiro atoms. The Kier molecular flexibility index (Phi) is 9.61. The predicted octanol–water partition coefficient (Wildman–Crippen LogP) is 6.92. The fraction of sp³-hybridized carbons (Fsp3) is 0.296. The summed E-state index contributed by atoms with van der Waals surface area (Å²) in [4.78, 5) is 13.3.